The largest absolute Gasteiger partial charge is 0.379 e. The Kier molecular flexibility index (Phi) is 13.7. The van der Waals surface area contributed by atoms with E-state index in [1.807, 2.05) is 0 Å². The highest BCUT2D eigenvalue weighted by atomic mass is 16.5. The van der Waals surface area contributed by atoms with Gasteiger partial charge < -0.3 is 25.0 Å². The number of guanidine groups is 1. The van der Waals surface area contributed by atoms with Crippen LogP contribution in [-0.2, 0) is 9.47 Å². The van der Waals surface area contributed by atoms with Gasteiger partial charge in [-0.05, 0) is 33.2 Å². The number of rotatable bonds is 14. The molecule has 0 bridgehead atoms. The minimum Gasteiger partial charge on any atom is -0.379 e. The Morgan fingerprint density at radius 3 is 2.44 bits per heavy atom. The normalized spacial score (nSPS) is 15.9. The van der Waals surface area contributed by atoms with E-state index in [1.165, 1.54) is 32.1 Å². The van der Waals surface area contributed by atoms with E-state index in [2.05, 4.69) is 41.4 Å². The summed E-state index contributed by atoms with van der Waals surface area (Å²) >= 11 is 0. The third kappa shape index (κ3) is 11.4. The number of unbranched alkanes of at least 4 members (excludes halogenated alkanes) is 1. The smallest absolute Gasteiger partial charge is 0.191 e. The molecule has 0 aliphatic heterocycles. The minimum atomic E-state index is 0.658. The molecule has 2 N–H and O–H groups in total. The second-order valence-corrected chi connectivity index (χ2v) is 6.68. The van der Waals surface area contributed by atoms with E-state index in [0.717, 1.165) is 51.2 Å². The third-order valence-electron chi connectivity index (χ3n) is 4.57. The van der Waals surface area contributed by atoms with Crippen LogP contribution < -0.4 is 10.6 Å². The first-order chi connectivity index (χ1) is 12.3. The lowest BCUT2D eigenvalue weighted by Gasteiger charge is -2.23. The Hall–Kier alpha value is -0.850. The van der Waals surface area contributed by atoms with Crippen molar-refractivity contribution < 1.29 is 9.47 Å². The molecular weight excluding hydrogens is 316 g/mol. The van der Waals surface area contributed by atoms with Crippen LogP contribution >= 0.6 is 0 Å². The number of hydrogen-bond donors (Lipinski definition) is 2. The monoisotopic (exact) mass is 356 g/mol. The molecule has 6 nitrogen and oxygen atoms in total. The lowest BCUT2D eigenvalue weighted by molar-refractivity contribution is 0.0487. The number of hydrogen-bond acceptors (Lipinski definition) is 4. The molecule has 1 aliphatic rings. The molecule has 148 valence electrons. The molecule has 0 saturated heterocycles. The van der Waals surface area contributed by atoms with Gasteiger partial charge in [-0.3, -0.25) is 4.99 Å². The van der Waals surface area contributed by atoms with Gasteiger partial charge in [-0.1, -0.05) is 26.2 Å². The van der Waals surface area contributed by atoms with Crippen LogP contribution in [0.5, 0.6) is 0 Å². The maximum absolute atomic E-state index is 5.57. The average molecular weight is 357 g/mol. The Bertz CT molecular complexity index is 333. The van der Waals surface area contributed by atoms with Gasteiger partial charge in [0.1, 0.15) is 0 Å². The van der Waals surface area contributed by atoms with E-state index in [1.54, 1.807) is 0 Å². The van der Waals surface area contributed by atoms with Gasteiger partial charge in [-0.2, -0.15) is 0 Å². The van der Waals surface area contributed by atoms with E-state index < -0.39 is 0 Å². The molecule has 6 heteroatoms. The first-order valence-electron chi connectivity index (χ1n) is 10.2. The van der Waals surface area contributed by atoms with Gasteiger partial charge in [-0.25, -0.2) is 0 Å². The zero-order valence-corrected chi connectivity index (χ0v) is 16.7. The molecular formula is C19H40N4O2. The number of nitrogens with one attached hydrogen (secondary N) is 2. The molecule has 0 spiro atoms. The minimum absolute atomic E-state index is 0.658. The van der Waals surface area contributed by atoms with Gasteiger partial charge in [-0.15, -0.1) is 0 Å². The highest BCUT2D eigenvalue weighted by Gasteiger charge is 2.18. The molecule has 0 radical (unpaired) electrons. The third-order valence-corrected chi connectivity index (χ3v) is 4.57. The molecule has 0 heterocycles. The van der Waals surface area contributed by atoms with Crippen LogP contribution in [0.3, 0.4) is 0 Å². The summed E-state index contributed by atoms with van der Waals surface area (Å²) in [6.07, 6.45) is 7.75. The van der Waals surface area contributed by atoms with E-state index in [4.69, 9.17) is 9.47 Å². The van der Waals surface area contributed by atoms with Crippen LogP contribution in [-0.4, -0.2) is 76.6 Å². The van der Waals surface area contributed by atoms with Crippen molar-refractivity contribution in [3.05, 3.63) is 0 Å². The van der Waals surface area contributed by atoms with Crippen molar-refractivity contribution in [2.45, 2.75) is 58.4 Å². The molecule has 0 aromatic rings. The fourth-order valence-corrected chi connectivity index (χ4v) is 3.00. The Morgan fingerprint density at radius 2 is 1.76 bits per heavy atom. The Balaban J connectivity index is 2.07. The summed E-state index contributed by atoms with van der Waals surface area (Å²) in [5.41, 5.74) is 0. The number of aliphatic imine (C=N–C) groups is 1. The van der Waals surface area contributed by atoms with Crippen molar-refractivity contribution >= 4 is 5.96 Å². The molecule has 1 saturated carbocycles. The van der Waals surface area contributed by atoms with Gasteiger partial charge in [0, 0.05) is 32.3 Å². The molecule has 0 unspecified atom stereocenters. The maximum Gasteiger partial charge on any atom is 0.191 e. The van der Waals surface area contributed by atoms with Crippen molar-refractivity contribution in [1.82, 2.24) is 15.5 Å². The van der Waals surface area contributed by atoms with Gasteiger partial charge in [0.15, 0.2) is 5.96 Å². The molecule has 0 amide bonds. The lowest BCUT2D eigenvalue weighted by Crippen LogP contribution is -2.40. The average Bonchev–Trinajstić information content (AvgIpc) is 3.15. The van der Waals surface area contributed by atoms with E-state index >= 15 is 0 Å². The van der Waals surface area contributed by atoms with E-state index in [0.29, 0.717) is 19.8 Å². The predicted molar refractivity (Wildman–Crippen MR) is 105 cm³/mol. The molecule has 1 aliphatic carbocycles. The predicted octanol–water partition coefficient (Wildman–Crippen LogP) is 2.25. The first-order valence-corrected chi connectivity index (χ1v) is 10.2. The fourth-order valence-electron chi connectivity index (χ4n) is 3.00. The van der Waals surface area contributed by atoms with Crippen LogP contribution in [0.2, 0.25) is 0 Å². The topological polar surface area (TPSA) is 58.1 Å². The Morgan fingerprint density at radius 1 is 1.04 bits per heavy atom. The van der Waals surface area contributed by atoms with Crippen LogP contribution in [0.4, 0.5) is 0 Å². The quantitative estimate of drug-likeness (QED) is 0.284. The molecule has 0 aromatic carbocycles. The van der Waals surface area contributed by atoms with Gasteiger partial charge >= 0.3 is 0 Å². The van der Waals surface area contributed by atoms with Crippen molar-refractivity contribution in [2.24, 2.45) is 4.99 Å². The van der Waals surface area contributed by atoms with E-state index in [9.17, 15) is 0 Å². The molecule has 0 atom stereocenters. The summed E-state index contributed by atoms with van der Waals surface area (Å²) in [6.45, 7) is 10.6. The summed E-state index contributed by atoms with van der Waals surface area (Å²) in [5, 5.41) is 6.62. The highest BCUT2D eigenvalue weighted by Crippen LogP contribution is 2.21. The van der Waals surface area contributed by atoms with E-state index in [-0.39, 0.29) is 0 Å². The van der Waals surface area contributed by atoms with Crippen molar-refractivity contribution in [1.29, 1.82) is 0 Å². The molecule has 0 aromatic heterocycles. The summed E-state index contributed by atoms with van der Waals surface area (Å²) < 4.78 is 11.0. The highest BCUT2D eigenvalue weighted by molar-refractivity contribution is 5.79. The van der Waals surface area contributed by atoms with Gasteiger partial charge in [0.05, 0.1) is 26.4 Å². The second kappa shape index (κ2) is 15.4. The standard InChI is InChI=1S/C19H40N4O2/c1-4-6-14-24-16-17-25-15-12-22-19(20-5-2)21-11-13-23(3)18-9-7-8-10-18/h18H,4-17H2,1-3H3,(H2,20,21,22). The SMILES string of the molecule is CCCCOCCOCCNC(=NCCN(C)C1CCCC1)NCC. The summed E-state index contributed by atoms with van der Waals surface area (Å²) in [6, 6.07) is 0.763. The van der Waals surface area contributed by atoms with Crippen LogP contribution in [0.25, 0.3) is 0 Å². The zero-order chi connectivity index (χ0) is 18.2. The fraction of sp³-hybridized carbons (Fsp3) is 0.947. The van der Waals surface area contributed by atoms with Crippen LogP contribution in [0, 0.1) is 0 Å². The number of ether oxygens (including phenoxy) is 2. The number of likely N-dealkylation sites (N-methyl/N-ethyl adjacent to an activating group) is 1. The van der Waals surface area contributed by atoms with Crippen molar-refractivity contribution in [3.8, 4) is 0 Å². The summed E-state index contributed by atoms with van der Waals surface area (Å²) in [7, 11) is 2.22. The Labute approximate surface area is 154 Å². The van der Waals surface area contributed by atoms with Crippen LogP contribution in [0.15, 0.2) is 4.99 Å². The summed E-state index contributed by atoms with van der Waals surface area (Å²) in [5.74, 6) is 0.880. The lowest BCUT2D eigenvalue weighted by atomic mass is 10.2. The van der Waals surface area contributed by atoms with Gasteiger partial charge in [0.25, 0.3) is 0 Å². The number of nitrogens with zero attached hydrogens (tertiary/aromatic N) is 2. The zero-order valence-electron chi connectivity index (χ0n) is 16.7. The van der Waals surface area contributed by atoms with Crippen molar-refractivity contribution in [3.63, 3.8) is 0 Å². The van der Waals surface area contributed by atoms with Gasteiger partial charge in [0.2, 0.25) is 0 Å². The first kappa shape index (κ1) is 22.2. The maximum atomic E-state index is 5.57. The van der Waals surface area contributed by atoms with Crippen molar-refractivity contribution in [2.75, 3.05) is 59.7 Å². The van der Waals surface area contributed by atoms with Crippen LogP contribution in [0.1, 0.15) is 52.4 Å². The second-order valence-electron chi connectivity index (χ2n) is 6.68. The molecule has 1 fully saturated rings. The molecule has 25 heavy (non-hydrogen) atoms. The summed E-state index contributed by atoms with van der Waals surface area (Å²) in [4.78, 5) is 7.13. The molecule has 1 rings (SSSR count).